The normalized spacial score (nSPS) is 17.7. The summed E-state index contributed by atoms with van der Waals surface area (Å²) in [4.78, 5) is 46.8. The summed E-state index contributed by atoms with van der Waals surface area (Å²) >= 11 is 1.50. The van der Waals surface area contributed by atoms with Crippen LogP contribution >= 0.6 is 22.6 Å². The summed E-state index contributed by atoms with van der Waals surface area (Å²) in [5.41, 5.74) is 9.44. The third-order valence-corrected chi connectivity index (χ3v) is 6.66. The van der Waals surface area contributed by atoms with Gasteiger partial charge in [-0.15, -0.1) is 0 Å². The Bertz CT molecular complexity index is 1280. The first-order valence-electron chi connectivity index (χ1n) is 14.3. The molecule has 17 heteroatoms. The van der Waals surface area contributed by atoms with Crippen LogP contribution in [0.15, 0.2) is 36.4 Å². The van der Waals surface area contributed by atoms with E-state index in [0.717, 1.165) is 0 Å². The fourth-order valence-electron chi connectivity index (χ4n) is 4.19. The molecule has 2 aromatic carbocycles. The molecule has 1 aliphatic rings. The van der Waals surface area contributed by atoms with E-state index < -0.39 is 34.4 Å². The fraction of sp³-hybridized carbons (Fsp3) is 0.483. The number of nitrogens with two attached hydrogens (primary N) is 1. The highest BCUT2D eigenvalue weighted by Gasteiger charge is 2.34. The fourth-order valence-corrected chi connectivity index (χ4v) is 4.34. The second-order valence-electron chi connectivity index (χ2n) is 9.84. The van der Waals surface area contributed by atoms with Crippen LogP contribution < -0.4 is 26.3 Å². The minimum Gasteiger partial charge on any atom is -0.479 e. The van der Waals surface area contributed by atoms with Crippen molar-refractivity contribution in [1.82, 2.24) is 11.0 Å². The Labute approximate surface area is 278 Å². The number of ether oxygens (including phenoxy) is 5. The number of benzene rings is 2. The van der Waals surface area contributed by atoms with Gasteiger partial charge in [-0.3, -0.25) is 9.63 Å². The van der Waals surface area contributed by atoms with Gasteiger partial charge in [-0.2, -0.15) is 0 Å². The third kappa shape index (κ3) is 12.9. The first-order chi connectivity index (χ1) is 22.2. The van der Waals surface area contributed by atoms with Crippen LogP contribution in [0.25, 0.3) is 0 Å². The molecule has 254 valence electrons. The van der Waals surface area contributed by atoms with Crippen LogP contribution in [0.3, 0.4) is 0 Å². The van der Waals surface area contributed by atoms with E-state index in [1.54, 1.807) is 24.3 Å². The minimum absolute atomic E-state index is 0.00926. The van der Waals surface area contributed by atoms with Crippen LogP contribution in [0.2, 0.25) is 0 Å². The zero-order valence-electron chi connectivity index (χ0n) is 24.9. The Morgan fingerprint density at radius 3 is 2.43 bits per heavy atom. The lowest BCUT2D eigenvalue weighted by molar-refractivity contribution is -0.195. The van der Waals surface area contributed by atoms with Gasteiger partial charge in [0.15, 0.2) is 11.9 Å². The van der Waals surface area contributed by atoms with Crippen LogP contribution in [0.1, 0.15) is 39.9 Å². The summed E-state index contributed by atoms with van der Waals surface area (Å²) in [6.07, 6.45) is -3.40. The predicted octanol–water partition coefficient (Wildman–Crippen LogP) is 1.32. The minimum atomic E-state index is -1.26. The van der Waals surface area contributed by atoms with Crippen LogP contribution in [0.4, 0.5) is 4.79 Å². The Morgan fingerprint density at radius 1 is 0.978 bits per heavy atom. The molecular weight excluding hydrogens is 725 g/mol. The van der Waals surface area contributed by atoms with E-state index >= 15 is 0 Å². The van der Waals surface area contributed by atoms with Crippen molar-refractivity contribution in [1.29, 1.82) is 0 Å². The van der Waals surface area contributed by atoms with Gasteiger partial charge in [0.1, 0.15) is 12.4 Å². The Morgan fingerprint density at radius 2 is 1.72 bits per heavy atom. The number of carbonyl (C=O) groups is 3. The molecule has 1 amide bonds. The average molecular weight is 764 g/mol. The molecule has 46 heavy (non-hydrogen) atoms. The molecule has 1 fully saturated rings. The van der Waals surface area contributed by atoms with E-state index in [1.165, 1.54) is 34.7 Å². The summed E-state index contributed by atoms with van der Waals surface area (Å²) in [7, 11) is 0. The molecule has 0 aliphatic carbocycles. The zero-order chi connectivity index (χ0) is 33.3. The van der Waals surface area contributed by atoms with E-state index in [0.29, 0.717) is 48.8 Å². The molecule has 1 saturated heterocycles. The largest absolute Gasteiger partial charge is 0.479 e. The van der Waals surface area contributed by atoms with Crippen LogP contribution in [-0.4, -0.2) is 89.2 Å². The van der Waals surface area contributed by atoms with Gasteiger partial charge >= 0.3 is 9.95 Å². The van der Waals surface area contributed by atoms with Crippen molar-refractivity contribution in [3.8, 4) is 11.5 Å². The monoisotopic (exact) mass is 763 g/mol. The summed E-state index contributed by atoms with van der Waals surface area (Å²) in [5.74, 6) is -1.35. The van der Waals surface area contributed by atoms with Crippen molar-refractivity contribution < 1.29 is 63.1 Å². The summed E-state index contributed by atoms with van der Waals surface area (Å²) < 4.78 is 26.5. The molecule has 0 saturated carbocycles. The maximum Gasteiger partial charge on any atom is 0.367 e. The van der Waals surface area contributed by atoms with Gasteiger partial charge in [-0.25, -0.2) is 9.59 Å². The molecule has 7 N–H and O–H groups in total. The molecule has 2 aromatic rings. The summed E-state index contributed by atoms with van der Waals surface area (Å²) in [5, 5.41) is 31.6. The van der Waals surface area contributed by atoms with Crippen molar-refractivity contribution in [2.45, 2.75) is 51.2 Å². The van der Waals surface area contributed by atoms with Crippen molar-refractivity contribution in [3.05, 3.63) is 58.7 Å². The van der Waals surface area contributed by atoms with Gasteiger partial charge in [-0.05, 0) is 41.0 Å². The molecule has 1 heterocycles. The Hall–Kier alpha value is -3.14. The highest BCUT2D eigenvalue weighted by molar-refractivity contribution is 14.1. The lowest BCUT2D eigenvalue weighted by atomic mass is 10.0. The maximum absolute atomic E-state index is 13.2. The number of carbonyl (C=O) groups excluding carboxylic acids is 2. The Kier molecular flexibility index (Phi) is 16.4. The Balaban J connectivity index is 1.64. The third-order valence-electron chi connectivity index (χ3n) is 6.35. The van der Waals surface area contributed by atoms with Gasteiger partial charge in [0.05, 0.1) is 73.9 Å². The van der Waals surface area contributed by atoms with E-state index in [9.17, 15) is 29.7 Å². The van der Waals surface area contributed by atoms with Crippen molar-refractivity contribution in [3.63, 3.8) is 0 Å². The number of halogens is 1. The van der Waals surface area contributed by atoms with Crippen molar-refractivity contribution >= 4 is 38.4 Å². The maximum atomic E-state index is 13.2. The first-order valence-corrected chi connectivity index (χ1v) is 15.4. The molecule has 0 bridgehead atoms. The molecular formula is C29H38IN3O13. The van der Waals surface area contributed by atoms with Gasteiger partial charge in [0, 0.05) is 31.5 Å². The number of hydrogen-bond acceptors (Lipinski definition) is 14. The second kappa shape index (κ2) is 20.2. The van der Waals surface area contributed by atoms with Crippen LogP contribution in [0.5, 0.6) is 11.5 Å². The molecule has 0 spiro atoms. The second-order valence-corrected chi connectivity index (χ2v) is 10.7. The van der Waals surface area contributed by atoms with E-state index in [2.05, 4.69) is 11.0 Å². The number of rotatable bonds is 20. The lowest BCUT2D eigenvalue weighted by Crippen LogP contribution is -2.42. The molecule has 3 atom stereocenters. The van der Waals surface area contributed by atoms with Gasteiger partial charge in [0.2, 0.25) is 6.29 Å². The predicted molar refractivity (Wildman–Crippen MR) is 167 cm³/mol. The number of hydrogen-bond donors (Lipinski definition) is 6. The highest BCUT2D eigenvalue weighted by Crippen LogP contribution is 2.27. The van der Waals surface area contributed by atoms with Gasteiger partial charge in [-0.1, -0.05) is 12.1 Å². The number of aliphatic hydroxyl groups is 2. The number of amides is 1. The standard InChI is InChI=1S/C29H38IN3O13/c30-29(39)42-17-20-11-18(15-34)1-3-23(20)46-33-43-16-19-2-4-24(44-26-14-21(35)13-25(45-26)28(37)38)22(12-19)27(36)32-6-8-41-10-9-40-7-5-31/h1-4,11-12,21,25-26,33-35H,5-10,13-17,31H2,(H,32,36)(H,37,38). The van der Waals surface area contributed by atoms with Crippen LogP contribution in [0, 0.1) is 0 Å². The summed E-state index contributed by atoms with van der Waals surface area (Å²) in [6.45, 7) is 1.55. The van der Waals surface area contributed by atoms with E-state index in [-0.39, 0.29) is 57.1 Å². The molecule has 3 rings (SSSR count). The molecule has 16 nitrogen and oxygen atoms in total. The number of carboxylic acid groups (broad SMARTS) is 1. The molecule has 0 aromatic heterocycles. The lowest BCUT2D eigenvalue weighted by Gasteiger charge is -2.31. The van der Waals surface area contributed by atoms with Crippen molar-refractivity contribution in [2.24, 2.45) is 5.73 Å². The quantitative estimate of drug-likeness (QED) is 0.0484. The molecule has 3 unspecified atom stereocenters. The number of carboxylic acids is 1. The zero-order valence-corrected chi connectivity index (χ0v) is 27.0. The van der Waals surface area contributed by atoms with Gasteiger partial charge in [0.25, 0.3) is 5.91 Å². The topological polar surface area (TPSA) is 227 Å². The average Bonchev–Trinajstić information content (AvgIpc) is 3.03. The highest BCUT2D eigenvalue weighted by atomic mass is 127. The SMILES string of the molecule is NCCOCCOCCNC(=O)c1cc(CONOc2ccc(CO)cc2COC(=O)I)ccc1OC1CC(O)CC(C(=O)O)O1. The number of aliphatic hydroxyl groups excluding tert-OH is 2. The number of nitrogens with one attached hydrogen (secondary N) is 2. The van der Waals surface area contributed by atoms with E-state index in [1.807, 2.05) is 0 Å². The summed E-state index contributed by atoms with van der Waals surface area (Å²) in [6, 6.07) is 9.46. The van der Waals surface area contributed by atoms with Gasteiger partial charge < -0.3 is 54.9 Å². The first kappa shape index (κ1) is 37.3. The van der Waals surface area contributed by atoms with E-state index in [4.69, 9.17) is 39.1 Å². The molecule has 1 aliphatic heterocycles. The van der Waals surface area contributed by atoms with Crippen molar-refractivity contribution in [2.75, 3.05) is 39.5 Å². The smallest absolute Gasteiger partial charge is 0.367 e. The molecule has 0 radical (unpaired) electrons. The van der Waals surface area contributed by atoms with Crippen LogP contribution in [-0.2, 0) is 48.4 Å². The number of aliphatic carboxylic acids is 1.